The fourth-order valence-corrected chi connectivity index (χ4v) is 2.84. The lowest BCUT2D eigenvalue weighted by Crippen LogP contribution is -2.47. The highest BCUT2D eigenvalue weighted by molar-refractivity contribution is 9.10. The Morgan fingerprint density at radius 1 is 1.48 bits per heavy atom. The Morgan fingerprint density at radius 2 is 2.24 bits per heavy atom. The Kier molecular flexibility index (Phi) is 5.19. The van der Waals surface area contributed by atoms with Crippen LogP contribution in [-0.4, -0.2) is 47.8 Å². The summed E-state index contributed by atoms with van der Waals surface area (Å²) in [5, 5.41) is 11.6. The molecule has 0 radical (unpaired) electrons. The molecule has 7 heteroatoms. The number of aryl methyl sites for hydroxylation is 1. The lowest BCUT2D eigenvalue weighted by molar-refractivity contribution is -0.141. The van der Waals surface area contributed by atoms with Gasteiger partial charge in [0.2, 0.25) is 0 Å². The molecule has 1 atom stereocenters. The molecular weight excluding hydrogens is 340 g/mol. The minimum Gasteiger partial charge on any atom is -0.481 e. The predicted octanol–water partition coefficient (Wildman–Crippen LogP) is 2.46. The van der Waals surface area contributed by atoms with E-state index in [0.29, 0.717) is 18.8 Å². The van der Waals surface area contributed by atoms with Gasteiger partial charge in [0, 0.05) is 23.2 Å². The molecule has 2 amide bonds. The van der Waals surface area contributed by atoms with Crippen molar-refractivity contribution in [3.8, 4) is 0 Å². The van der Waals surface area contributed by atoms with Crippen molar-refractivity contribution in [2.45, 2.75) is 19.4 Å². The third-order valence-corrected chi connectivity index (χ3v) is 3.58. The number of urea groups is 1. The molecule has 0 aliphatic carbocycles. The Labute approximate surface area is 131 Å². The van der Waals surface area contributed by atoms with Crippen molar-refractivity contribution in [1.82, 2.24) is 4.90 Å². The summed E-state index contributed by atoms with van der Waals surface area (Å²) in [6.07, 6.45) is -0.550. The van der Waals surface area contributed by atoms with Gasteiger partial charge in [0.1, 0.15) is 0 Å². The summed E-state index contributed by atoms with van der Waals surface area (Å²) in [7, 11) is 0. The quantitative estimate of drug-likeness (QED) is 0.871. The van der Waals surface area contributed by atoms with Gasteiger partial charge in [0.05, 0.1) is 19.1 Å². The average Bonchev–Trinajstić information content (AvgIpc) is 2.36. The second-order valence-corrected chi connectivity index (χ2v) is 5.90. The van der Waals surface area contributed by atoms with Crippen LogP contribution in [0, 0.1) is 6.92 Å². The standard InChI is InChI=1S/C14H17BrN2O4/c1-9-4-10(15)6-11(5-9)16-14(20)17-2-3-21-12(8-17)7-13(18)19/h4-6,12H,2-3,7-8H2,1H3,(H,16,20)(H,18,19). The maximum absolute atomic E-state index is 12.2. The molecule has 6 nitrogen and oxygen atoms in total. The highest BCUT2D eigenvalue weighted by Crippen LogP contribution is 2.20. The van der Waals surface area contributed by atoms with Crippen LogP contribution in [0.4, 0.5) is 10.5 Å². The zero-order chi connectivity index (χ0) is 15.4. The summed E-state index contributed by atoms with van der Waals surface area (Å²) in [5.41, 5.74) is 1.73. The number of nitrogens with one attached hydrogen (secondary N) is 1. The predicted molar refractivity (Wildman–Crippen MR) is 81.5 cm³/mol. The van der Waals surface area contributed by atoms with Crippen molar-refractivity contribution in [3.05, 3.63) is 28.2 Å². The largest absolute Gasteiger partial charge is 0.481 e. The van der Waals surface area contributed by atoms with Gasteiger partial charge >= 0.3 is 12.0 Å². The number of ether oxygens (including phenoxy) is 1. The smallest absolute Gasteiger partial charge is 0.322 e. The summed E-state index contributed by atoms with van der Waals surface area (Å²) >= 11 is 3.39. The van der Waals surface area contributed by atoms with Crippen LogP contribution in [0.1, 0.15) is 12.0 Å². The normalized spacial score (nSPS) is 18.4. The minimum absolute atomic E-state index is 0.0974. The lowest BCUT2D eigenvalue weighted by Gasteiger charge is -2.32. The molecule has 1 fully saturated rings. The topological polar surface area (TPSA) is 78.9 Å². The number of hydrogen-bond acceptors (Lipinski definition) is 3. The van der Waals surface area contributed by atoms with Gasteiger partial charge in [-0.2, -0.15) is 0 Å². The molecule has 21 heavy (non-hydrogen) atoms. The number of hydrogen-bond donors (Lipinski definition) is 2. The molecule has 1 aromatic carbocycles. The first kappa shape index (κ1) is 15.8. The van der Waals surface area contributed by atoms with E-state index in [0.717, 1.165) is 10.0 Å². The van der Waals surface area contributed by atoms with Gasteiger partial charge in [-0.1, -0.05) is 15.9 Å². The number of carboxylic acid groups (broad SMARTS) is 1. The summed E-state index contributed by atoms with van der Waals surface area (Å²) in [5.74, 6) is -0.926. The SMILES string of the molecule is Cc1cc(Br)cc(NC(=O)N2CCOC(CC(=O)O)C2)c1. The molecule has 1 aromatic rings. The second kappa shape index (κ2) is 6.91. The van der Waals surface area contributed by atoms with E-state index < -0.39 is 12.1 Å². The Bertz CT molecular complexity index is 530. The van der Waals surface area contributed by atoms with Gasteiger partial charge in [0.25, 0.3) is 0 Å². The number of benzene rings is 1. The van der Waals surface area contributed by atoms with Crippen molar-refractivity contribution in [1.29, 1.82) is 0 Å². The minimum atomic E-state index is -0.926. The Morgan fingerprint density at radius 3 is 2.90 bits per heavy atom. The molecule has 0 spiro atoms. The third-order valence-electron chi connectivity index (χ3n) is 3.12. The molecule has 114 valence electrons. The lowest BCUT2D eigenvalue weighted by atomic mass is 10.2. The van der Waals surface area contributed by atoms with Crippen LogP contribution >= 0.6 is 15.9 Å². The fourth-order valence-electron chi connectivity index (χ4n) is 2.23. The first-order valence-corrected chi connectivity index (χ1v) is 7.40. The number of aliphatic carboxylic acids is 1. The van der Waals surface area contributed by atoms with E-state index >= 15 is 0 Å². The number of rotatable bonds is 3. The zero-order valence-corrected chi connectivity index (χ0v) is 13.2. The summed E-state index contributed by atoms with van der Waals surface area (Å²) in [4.78, 5) is 24.5. The first-order chi connectivity index (χ1) is 9.94. The van der Waals surface area contributed by atoms with E-state index in [2.05, 4.69) is 21.2 Å². The third kappa shape index (κ3) is 4.71. The number of carbonyl (C=O) groups is 2. The van der Waals surface area contributed by atoms with E-state index in [1.54, 1.807) is 4.90 Å². The van der Waals surface area contributed by atoms with Gasteiger partial charge in [-0.15, -0.1) is 0 Å². The summed E-state index contributed by atoms with van der Waals surface area (Å²) in [6.45, 7) is 3.03. The maximum atomic E-state index is 12.2. The summed E-state index contributed by atoms with van der Waals surface area (Å²) < 4.78 is 6.24. The zero-order valence-electron chi connectivity index (χ0n) is 11.6. The Hall–Kier alpha value is -1.60. The van der Waals surface area contributed by atoms with E-state index in [1.165, 1.54) is 0 Å². The fraction of sp³-hybridized carbons (Fsp3) is 0.429. The van der Waals surface area contributed by atoms with E-state index in [4.69, 9.17) is 9.84 Å². The second-order valence-electron chi connectivity index (χ2n) is 4.98. The summed E-state index contributed by atoms with van der Waals surface area (Å²) in [6, 6.07) is 5.40. The molecule has 1 unspecified atom stereocenters. The van der Waals surface area contributed by atoms with Gasteiger partial charge in [-0.25, -0.2) is 4.79 Å². The van der Waals surface area contributed by atoms with Crippen LogP contribution in [0.2, 0.25) is 0 Å². The molecule has 1 heterocycles. The van der Waals surface area contributed by atoms with E-state index in [1.807, 2.05) is 25.1 Å². The molecule has 1 aliphatic rings. The van der Waals surface area contributed by atoms with Crippen molar-refractivity contribution in [2.75, 3.05) is 25.0 Å². The van der Waals surface area contributed by atoms with Crippen LogP contribution in [0.5, 0.6) is 0 Å². The van der Waals surface area contributed by atoms with E-state index in [-0.39, 0.29) is 19.0 Å². The molecule has 1 aliphatic heterocycles. The van der Waals surface area contributed by atoms with E-state index in [9.17, 15) is 9.59 Å². The van der Waals surface area contributed by atoms with Gasteiger partial charge < -0.3 is 20.1 Å². The first-order valence-electron chi connectivity index (χ1n) is 6.60. The number of carbonyl (C=O) groups excluding carboxylic acids is 1. The number of morpholine rings is 1. The van der Waals surface area contributed by atoms with Gasteiger partial charge in [0.15, 0.2) is 0 Å². The van der Waals surface area contributed by atoms with Crippen LogP contribution in [-0.2, 0) is 9.53 Å². The Balaban J connectivity index is 1.97. The molecule has 0 saturated carbocycles. The molecule has 0 aromatic heterocycles. The van der Waals surface area contributed by atoms with Crippen molar-refractivity contribution in [3.63, 3.8) is 0 Å². The number of nitrogens with zero attached hydrogens (tertiary/aromatic N) is 1. The van der Waals surface area contributed by atoms with Crippen LogP contribution in [0.25, 0.3) is 0 Å². The molecular formula is C14H17BrN2O4. The maximum Gasteiger partial charge on any atom is 0.322 e. The monoisotopic (exact) mass is 356 g/mol. The highest BCUT2D eigenvalue weighted by Gasteiger charge is 2.26. The number of halogens is 1. The van der Waals surface area contributed by atoms with Crippen LogP contribution < -0.4 is 5.32 Å². The van der Waals surface area contributed by atoms with Crippen molar-refractivity contribution in [2.24, 2.45) is 0 Å². The molecule has 0 bridgehead atoms. The van der Waals surface area contributed by atoms with Gasteiger partial charge in [-0.3, -0.25) is 4.79 Å². The molecule has 2 rings (SSSR count). The number of amides is 2. The van der Waals surface area contributed by atoms with Crippen LogP contribution in [0.3, 0.4) is 0 Å². The van der Waals surface area contributed by atoms with Crippen molar-refractivity contribution >= 4 is 33.6 Å². The number of anilines is 1. The highest BCUT2D eigenvalue weighted by atomic mass is 79.9. The van der Waals surface area contributed by atoms with Crippen LogP contribution in [0.15, 0.2) is 22.7 Å². The number of carboxylic acids is 1. The molecule has 2 N–H and O–H groups in total. The van der Waals surface area contributed by atoms with Crippen molar-refractivity contribution < 1.29 is 19.4 Å². The molecule has 1 saturated heterocycles. The average molecular weight is 357 g/mol. The van der Waals surface area contributed by atoms with Gasteiger partial charge in [-0.05, 0) is 30.7 Å².